The summed E-state index contributed by atoms with van der Waals surface area (Å²) in [5.74, 6) is -6.89. The number of benzene rings is 2. The number of carboxylic acid groups (broad SMARTS) is 1. The summed E-state index contributed by atoms with van der Waals surface area (Å²) < 4.78 is 0. The second-order valence-electron chi connectivity index (χ2n) is 11.2. The molecule has 47 heavy (non-hydrogen) atoms. The van der Waals surface area contributed by atoms with Gasteiger partial charge in [-0.2, -0.15) is 0 Å². The highest BCUT2D eigenvalue weighted by molar-refractivity contribution is 6.03. The number of hydrogen-bond donors (Lipinski definition) is 8. The van der Waals surface area contributed by atoms with Gasteiger partial charge >= 0.3 is 5.97 Å². The summed E-state index contributed by atoms with van der Waals surface area (Å²) in [6.07, 6.45) is 0.462. The summed E-state index contributed by atoms with van der Waals surface area (Å²) in [6, 6.07) is 10.5. The second-order valence-corrected chi connectivity index (χ2v) is 11.2. The van der Waals surface area contributed by atoms with E-state index in [-0.39, 0.29) is 25.0 Å². The number of Topliss-reactive ketones (excluding diaryl/α,β-unsaturated/α-hetero) is 1. The number of carbonyl (C=O) groups excluding carboxylic acids is 5. The number of fused-ring (bicyclic) bond motifs is 1. The lowest BCUT2D eigenvalue weighted by molar-refractivity contribution is -0.144. The molecule has 0 spiro atoms. The lowest BCUT2D eigenvalue weighted by Crippen LogP contribution is -2.60. The molecule has 6 atom stereocenters. The molecule has 1 aromatic heterocycles. The number of aromatic amines is 1. The van der Waals surface area contributed by atoms with Crippen LogP contribution in [0, 0.1) is 5.92 Å². The van der Waals surface area contributed by atoms with E-state index in [9.17, 15) is 44.1 Å². The van der Waals surface area contributed by atoms with E-state index < -0.39 is 72.4 Å². The Labute approximate surface area is 271 Å². The zero-order chi connectivity index (χ0) is 34.7. The number of hydrogen-bond acceptors (Lipinski definition) is 8. The number of amides is 4. The Morgan fingerprint density at radius 2 is 1.34 bits per heavy atom. The van der Waals surface area contributed by atoms with Gasteiger partial charge in [0.1, 0.15) is 24.0 Å². The maximum atomic E-state index is 13.1. The van der Waals surface area contributed by atoms with Crippen molar-refractivity contribution in [3.8, 4) is 0 Å². The van der Waals surface area contributed by atoms with Crippen molar-refractivity contribution < 1.29 is 44.1 Å². The Morgan fingerprint density at radius 3 is 1.96 bits per heavy atom. The van der Waals surface area contributed by atoms with Gasteiger partial charge in [0.15, 0.2) is 5.78 Å². The maximum absolute atomic E-state index is 13.1. The third-order valence-corrected chi connectivity index (χ3v) is 7.71. The van der Waals surface area contributed by atoms with E-state index in [0.717, 1.165) is 16.5 Å². The van der Waals surface area contributed by atoms with Crippen molar-refractivity contribution in [2.24, 2.45) is 5.92 Å². The molecule has 252 valence electrons. The fourth-order valence-corrected chi connectivity index (χ4v) is 4.89. The Kier molecular flexibility index (Phi) is 13.2. The average Bonchev–Trinajstić information content (AvgIpc) is 3.47. The number of carboxylic acids is 1. The summed E-state index contributed by atoms with van der Waals surface area (Å²) in [4.78, 5) is 79.6. The van der Waals surface area contributed by atoms with E-state index in [0.29, 0.717) is 5.56 Å². The minimum atomic E-state index is -1.65. The maximum Gasteiger partial charge on any atom is 0.326 e. The molecule has 0 saturated heterocycles. The predicted molar refractivity (Wildman–Crippen MR) is 171 cm³/mol. The van der Waals surface area contributed by atoms with Crippen LogP contribution in [-0.4, -0.2) is 92.6 Å². The van der Waals surface area contributed by atoms with E-state index in [1.54, 1.807) is 43.5 Å². The summed E-state index contributed by atoms with van der Waals surface area (Å²) in [6.45, 7) is 3.17. The summed E-state index contributed by atoms with van der Waals surface area (Å²) in [5, 5.41) is 40.1. The van der Waals surface area contributed by atoms with Crippen LogP contribution in [0.1, 0.15) is 38.3 Å². The molecule has 3 rings (SSSR count). The minimum absolute atomic E-state index is 0.0357. The smallest absolute Gasteiger partial charge is 0.326 e. The molecule has 0 bridgehead atoms. The van der Waals surface area contributed by atoms with Gasteiger partial charge in [-0.15, -0.1) is 0 Å². The topological polar surface area (TPSA) is 227 Å². The van der Waals surface area contributed by atoms with Crippen molar-refractivity contribution in [1.82, 2.24) is 26.3 Å². The second kappa shape index (κ2) is 17.0. The van der Waals surface area contributed by atoms with Crippen molar-refractivity contribution >= 4 is 46.3 Å². The quantitative estimate of drug-likeness (QED) is 0.0916. The van der Waals surface area contributed by atoms with E-state index >= 15 is 0 Å². The van der Waals surface area contributed by atoms with Crippen LogP contribution in [0.25, 0.3) is 10.9 Å². The molecule has 4 amide bonds. The normalized spacial score (nSPS) is 14.9. The van der Waals surface area contributed by atoms with Crippen LogP contribution in [-0.2, 0) is 41.6 Å². The van der Waals surface area contributed by atoms with Crippen LogP contribution in [0.4, 0.5) is 0 Å². The molecule has 0 fully saturated rings. The molecule has 14 heteroatoms. The fraction of sp³-hybridized carbons (Fsp3) is 0.394. The van der Waals surface area contributed by atoms with Crippen LogP contribution < -0.4 is 21.3 Å². The van der Waals surface area contributed by atoms with Crippen LogP contribution in [0.5, 0.6) is 0 Å². The number of aliphatic hydroxyl groups is 2. The number of aliphatic hydroxyl groups excluding tert-OH is 2. The Bertz CT molecular complexity index is 1570. The van der Waals surface area contributed by atoms with E-state index in [1.807, 2.05) is 24.3 Å². The molecule has 3 aromatic rings. The van der Waals surface area contributed by atoms with Gasteiger partial charge in [-0.05, 0) is 31.0 Å². The van der Waals surface area contributed by atoms with Gasteiger partial charge in [0.25, 0.3) is 0 Å². The number of H-pyrrole nitrogens is 1. The third-order valence-electron chi connectivity index (χ3n) is 7.71. The summed E-state index contributed by atoms with van der Waals surface area (Å²) in [7, 11) is 0. The van der Waals surface area contributed by atoms with E-state index in [2.05, 4.69) is 26.3 Å². The molecule has 6 unspecified atom stereocenters. The molecule has 2 aromatic carbocycles. The van der Waals surface area contributed by atoms with E-state index in [4.69, 9.17) is 0 Å². The first kappa shape index (κ1) is 36.4. The van der Waals surface area contributed by atoms with Crippen LogP contribution in [0.3, 0.4) is 0 Å². The largest absolute Gasteiger partial charge is 0.480 e. The Balaban J connectivity index is 1.64. The van der Waals surface area contributed by atoms with Gasteiger partial charge in [0.2, 0.25) is 23.6 Å². The van der Waals surface area contributed by atoms with Gasteiger partial charge < -0.3 is 41.6 Å². The summed E-state index contributed by atoms with van der Waals surface area (Å²) >= 11 is 0. The van der Waals surface area contributed by atoms with E-state index in [1.165, 1.54) is 13.8 Å². The zero-order valence-corrected chi connectivity index (χ0v) is 26.4. The van der Waals surface area contributed by atoms with Crippen molar-refractivity contribution in [2.75, 3.05) is 6.61 Å². The summed E-state index contributed by atoms with van der Waals surface area (Å²) in [5.41, 5.74) is 2.28. The van der Waals surface area contributed by atoms with Crippen LogP contribution in [0.15, 0.2) is 60.8 Å². The van der Waals surface area contributed by atoms with Gasteiger partial charge in [-0.25, -0.2) is 4.79 Å². The van der Waals surface area contributed by atoms with Crippen molar-refractivity contribution in [2.45, 2.75) is 70.3 Å². The van der Waals surface area contributed by atoms with Crippen molar-refractivity contribution in [3.63, 3.8) is 0 Å². The number of ketones is 1. The minimum Gasteiger partial charge on any atom is -0.480 e. The molecular formula is C33H41N5O9. The first-order valence-electron chi connectivity index (χ1n) is 15.2. The van der Waals surface area contributed by atoms with Gasteiger partial charge in [-0.1, -0.05) is 55.5 Å². The van der Waals surface area contributed by atoms with Gasteiger partial charge in [0, 0.05) is 36.4 Å². The van der Waals surface area contributed by atoms with Crippen LogP contribution >= 0.6 is 0 Å². The average molecular weight is 652 g/mol. The number of para-hydroxylation sites is 1. The van der Waals surface area contributed by atoms with Crippen molar-refractivity contribution in [3.05, 3.63) is 71.9 Å². The van der Waals surface area contributed by atoms with Gasteiger partial charge in [-0.3, -0.25) is 24.0 Å². The molecule has 1 heterocycles. The molecule has 0 saturated carbocycles. The molecule has 14 nitrogen and oxygen atoms in total. The first-order chi connectivity index (χ1) is 22.4. The molecule has 8 N–H and O–H groups in total. The highest BCUT2D eigenvalue weighted by Crippen LogP contribution is 2.19. The highest BCUT2D eigenvalue weighted by atomic mass is 16.4. The SMILES string of the molecule is CCC(=O)C(Cc1c[nH]c2ccccc12)NC(=O)C(CO)NC(=O)C(NC(=O)C(C)C(=O)NC(Cc1ccccc1)C(=O)O)C(C)O. The standard InChI is InChI=1S/C33H41N5O9/c1-4-27(41)24(15-21-16-34-23-13-9-8-12-22(21)23)35-31(44)26(17-39)37-32(45)28(19(3)40)38-30(43)18(2)29(42)36-25(33(46)47)14-20-10-6-5-7-11-20/h5-13,16,18-19,24-26,28,34,39-40H,4,14-15,17H2,1-3H3,(H,35,44)(H,36,42)(H,37,45)(H,38,43)(H,46,47). The number of aliphatic carboxylic acids is 1. The number of nitrogens with one attached hydrogen (secondary N) is 5. The molecule has 0 aliphatic rings. The molecular weight excluding hydrogens is 610 g/mol. The zero-order valence-electron chi connectivity index (χ0n) is 26.4. The lowest BCUT2D eigenvalue weighted by Gasteiger charge is -2.26. The lowest BCUT2D eigenvalue weighted by atomic mass is 10.00. The monoisotopic (exact) mass is 651 g/mol. The molecule has 0 aliphatic heterocycles. The fourth-order valence-electron chi connectivity index (χ4n) is 4.89. The Hall–Kier alpha value is -5.08. The molecule has 0 radical (unpaired) electrons. The van der Waals surface area contributed by atoms with Crippen LogP contribution in [0.2, 0.25) is 0 Å². The Morgan fingerprint density at radius 1 is 0.745 bits per heavy atom. The third kappa shape index (κ3) is 9.95. The van der Waals surface area contributed by atoms with Gasteiger partial charge in [0.05, 0.1) is 18.8 Å². The molecule has 0 aliphatic carbocycles. The number of aromatic nitrogens is 1. The first-order valence-corrected chi connectivity index (χ1v) is 15.2. The highest BCUT2D eigenvalue weighted by Gasteiger charge is 2.34. The number of rotatable bonds is 17. The van der Waals surface area contributed by atoms with Crippen molar-refractivity contribution in [1.29, 1.82) is 0 Å². The number of carbonyl (C=O) groups is 6. The predicted octanol–water partition coefficient (Wildman–Crippen LogP) is -0.0348.